The van der Waals surface area contributed by atoms with Gasteiger partial charge < -0.3 is 0 Å². The fourth-order valence-corrected chi connectivity index (χ4v) is 3.06. The number of rotatable bonds is 5. The van der Waals surface area contributed by atoms with E-state index < -0.39 is 0 Å². The van der Waals surface area contributed by atoms with E-state index in [2.05, 4.69) is 24.3 Å². The van der Waals surface area contributed by atoms with E-state index in [1.165, 1.54) is 37.7 Å². The van der Waals surface area contributed by atoms with Gasteiger partial charge in [0, 0.05) is 5.38 Å². The molecule has 1 aromatic rings. The molecule has 1 atom stereocenters. The number of hydrogen-bond acceptors (Lipinski definition) is 0. The molecule has 2 fully saturated rings. The molecule has 0 spiro atoms. The third-order valence-corrected chi connectivity index (χ3v) is 4.97. The summed E-state index contributed by atoms with van der Waals surface area (Å²) in [7, 11) is 0. The fourth-order valence-electron chi connectivity index (χ4n) is 2.70. The highest BCUT2D eigenvalue weighted by Crippen LogP contribution is 2.38. The Bertz CT molecular complexity index is 360. The maximum absolute atomic E-state index is 6.34. The number of hydrogen-bond donors (Lipinski definition) is 0. The lowest BCUT2D eigenvalue weighted by Crippen LogP contribution is -2.08. The van der Waals surface area contributed by atoms with Gasteiger partial charge in [0.25, 0.3) is 0 Å². The summed E-state index contributed by atoms with van der Waals surface area (Å²) in [5.74, 6) is 1.68. The molecular formula is C16H21Cl. The average Bonchev–Trinajstić information content (AvgIpc) is 3.09. The van der Waals surface area contributed by atoms with E-state index in [0.717, 1.165) is 24.7 Å². The highest BCUT2D eigenvalue weighted by atomic mass is 35.5. The zero-order valence-corrected chi connectivity index (χ0v) is 11.1. The average molecular weight is 249 g/mol. The standard InChI is InChI=1S/C16H21Cl/c17-16(15-9-10-15)11-6-12-4-7-14(8-5-12)13-2-1-3-13/h4-5,7-8,13,15-16H,1-3,6,9-11H2. The lowest BCUT2D eigenvalue weighted by atomic mass is 9.80. The normalized spacial score (nSPS) is 22.2. The molecule has 0 bridgehead atoms. The molecule has 0 aromatic heterocycles. The maximum Gasteiger partial charge on any atom is 0.0367 e. The van der Waals surface area contributed by atoms with Crippen molar-refractivity contribution in [3.8, 4) is 0 Å². The summed E-state index contributed by atoms with van der Waals surface area (Å²) >= 11 is 6.34. The minimum Gasteiger partial charge on any atom is -0.123 e. The number of halogens is 1. The third kappa shape index (κ3) is 2.85. The number of aryl methyl sites for hydroxylation is 1. The van der Waals surface area contributed by atoms with E-state index in [1.807, 2.05) is 0 Å². The van der Waals surface area contributed by atoms with Crippen LogP contribution in [0.2, 0.25) is 0 Å². The molecule has 1 heteroatoms. The second kappa shape index (κ2) is 5.02. The molecule has 2 saturated carbocycles. The Morgan fingerprint density at radius 3 is 2.29 bits per heavy atom. The van der Waals surface area contributed by atoms with Crippen molar-refractivity contribution in [3.05, 3.63) is 35.4 Å². The van der Waals surface area contributed by atoms with Gasteiger partial charge in [0.2, 0.25) is 0 Å². The van der Waals surface area contributed by atoms with Gasteiger partial charge in [-0.1, -0.05) is 30.7 Å². The Labute approximate surface area is 109 Å². The molecule has 1 unspecified atom stereocenters. The van der Waals surface area contributed by atoms with Crippen LogP contribution in [0, 0.1) is 5.92 Å². The quantitative estimate of drug-likeness (QED) is 0.650. The molecule has 0 aliphatic heterocycles. The first kappa shape index (κ1) is 11.6. The Morgan fingerprint density at radius 1 is 1.06 bits per heavy atom. The van der Waals surface area contributed by atoms with Gasteiger partial charge in [-0.25, -0.2) is 0 Å². The van der Waals surface area contributed by atoms with Crippen LogP contribution in [-0.4, -0.2) is 5.38 Å². The molecule has 2 aliphatic carbocycles. The first-order valence-electron chi connectivity index (χ1n) is 7.06. The molecule has 2 aliphatic rings. The summed E-state index contributed by atoms with van der Waals surface area (Å²) in [5.41, 5.74) is 3.00. The van der Waals surface area contributed by atoms with Gasteiger partial charge >= 0.3 is 0 Å². The third-order valence-electron chi connectivity index (χ3n) is 4.40. The van der Waals surface area contributed by atoms with E-state index in [9.17, 15) is 0 Å². The molecule has 3 rings (SSSR count). The first-order chi connectivity index (χ1) is 8.33. The summed E-state index contributed by atoms with van der Waals surface area (Å²) in [5, 5.41) is 0.418. The fraction of sp³-hybridized carbons (Fsp3) is 0.625. The predicted octanol–water partition coefficient (Wildman–Crippen LogP) is 4.90. The lowest BCUT2D eigenvalue weighted by Gasteiger charge is -2.25. The highest BCUT2D eigenvalue weighted by Gasteiger charge is 2.29. The molecule has 0 nitrogen and oxygen atoms in total. The van der Waals surface area contributed by atoms with Crippen molar-refractivity contribution in [3.63, 3.8) is 0 Å². The second-order valence-electron chi connectivity index (χ2n) is 5.76. The van der Waals surface area contributed by atoms with E-state index >= 15 is 0 Å². The van der Waals surface area contributed by atoms with Gasteiger partial charge in [-0.15, -0.1) is 11.6 Å². The van der Waals surface area contributed by atoms with Crippen LogP contribution in [0.3, 0.4) is 0 Å². The largest absolute Gasteiger partial charge is 0.123 e. The predicted molar refractivity (Wildman–Crippen MR) is 73.7 cm³/mol. The molecular weight excluding hydrogens is 228 g/mol. The van der Waals surface area contributed by atoms with Crippen LogP contribution in [0.1, 0.15) is 55.6 Å². The minimum absolute atomic E-state index is 0.418. The molecule has 0 saturated heterocycles. The highest BCUT2D eigenvalue weighted by molar-refractivity contribution is 6.20. The Morgan fingerprint density at radius 2 is 1.76 bits per heavy atom. The summed E-state index contributed by atoms with van der Waals surface area (Å²) in [4.78, 5) is 0. The number of benzene rings is 1. The summed E-state index contributed by atoms with van der Waals surface area (Å²) in [6.45, 7) is 0. The zero-order chi connectivity index (χ0) is 11.7. The lowest BCUT2D eigenvalue weighted by molar-refractivity contribution is 0.419. The van der Waals surface area contributed by atoms with Gasteiger partial charge in [-0.05, 0) is 61.5 Å². The van der Waals surface area contributed by atoms with Crippen molar-refractivity contribution in [1.29, 1.82) is 0 Å². The Hall–Kier alpha value is -0.490. The van der Waals surface area contributed by atoms with Crippen molar-refractivity contribution in [2.24, 2.45) is 5.92 Å². The van der Waals surface area contributed by atoms with Crippen molar-refractivity contribution < 1.29 is 0 Å². The Balaban J connectivity index is 1.52. The zero-order valence-electron chi connectivity index (χ0n) is 10.4. The molecule has 92 valence electrons. The molecule has 0 heterocycles. The maximum atomic E-state index is 6.34. The molecule has 0 N–H and O–H groups in total. The van der Waals surface area contributed by atoms with Crippen LogP contribution >= 0.6 is 11.6 Å². The van der Waals surface area contributed by atoms with Crippen LogP contribution in [-0.2, 0) is 6.42 Å². The van der Waals surface area contributed by atoms with Gasteiger partial charge in [0.1, 0.15) is 0 Å². The van der Waals surface area contributed by atoms with E-state index in [-0.39, 0.29) is 0 Å². The second-order valence-corrected chi connectivity index (χ2v) is 6.32. The van der Waals surface area contributed by atoms with Crippen molar-refractivity contribution in [1.82, 2.24) is 0 Å². The van der Waals surface area contributed by atoms with E-state index in [4.69, 9.17) is 11.6 Å². The van der Waals surface area contributed by atoms with E-state index in [0.29, 0.717) is 5.38 Å². The SMILES string of the molecule is ClC(CCc1ccc(C2CCC2)cc1)C1CC1. The van der Waals surface area contributed by atoms with Gasteiger partial charge in [-0.3, -0.25) is 0 Å². The molecule has 0 amide bonds. The minimum atomic E-state index is 0.418. The van der Waals surface area contributed by atoms with Crippen LogP contribution in [0.25, 0.3) is 0 Å². The molecule has 0 radical (unpaired) electrons. The topological polar surface area (TPSA) is 0 Å². The van der Waals surface area contributed by atoms with Crippen molar-refractivity contribution >= 4 is 11.6 Å². The summed E-state index contributed by atoms with van der Waals surface area (Å²) in [6.07, 6.45) is 9.21. The monoisotopic (exact) mass is 248 g/mol. The first-order valence-corrected chi connectivity index (χ1v) is 7.49. The van der Waals surface area contributed by atoms with Gasteiger partial charge in [0.15, 0.2) is 0 Å². The summed E-state index contributed by atoms with van der Waals surface area (Å²) < 4.78 is 0. The van der Waals surface area contributed by atoms with Crippen LogP contribution < -0.4 is 0 Å². The molecule has 17 heavy (non-hydrogen) atoms. The van der Waals surface area contributed by atoms with E-state index in [1.54, 1.807) is 5.56 Å². The molecule has 1 aromatic carbocycles. The van der Waals surface area contributed by atoms with Crippen molar-refractivity contribution in [2.75, 3.05) is 0 Å². The van der Waals surface area contributed by atoms with Gasteiger partial charge in [-0.2, -0.15) is 0 Å². The van der Waals surface area contributed by atoms with Crippen LogP contribution in [0.4, 0.5) is 0 Å². The van der Waals surface area contributed by atoms with Crippen molar-refractivity contribution in [2.45, 2.75) is 56.2 Å². The van der Waals surface area contributed by atoms with Crippen LogP contribution in [0.5, 0.6) is 0 Å². The smallest absolute Gasteiger partial charge is 0.0367 e. The summed E-state index contributed by atoms with van der Waals surface area (Å²) in [6, 6.07) is 9.29. The Kier molecular flexibility index (Phi) is 3.42. The number of alkyl halides is 1. The van der Waals surface area contributed by atoms with Gasteiger partial charge in [0.05, 0.1) is 0 Å². The van der Waals surface area contributed by atoms with Crippen LogP contribution in [0.15, 0.2) is 24.3 Å².